The molecule has 156 valence electrons. The normalized spacial score (nSPS) is 18.7. The number of anilines is 2. The Morgan fingerprint density at radius 1 is 1.23 bits per heavy atom. The quantitative estimate of drug-likeness (QED) is 0.640. The first-order valence-corrected chi connectivity index (χ1v) is 11.4. The van der Waals surface area contributed by atoms with E-state index in [1.807, 2.05) is 11.6 Å². The van der Waals surface area contributed by atoms with E-state index in [0.717, 1.165) is 61.3 Å². The van der Waals surface area contributed by atoms with Crippen molar-refractivity contribution in [3.63, 3.8) is 0 Å². The molecule has 0 unspecified atom stereocenters. The van der Waals surface area contributed by atoms with Gasteiger partial charge < -0.3 is 10.1 Å². The Morgan fingerprint density at radius 2 is 2.10 bits per heavy atom. The van der Waals surface area contributed by atoms with Gasteiger partial charge in [0.25, 0.3) is 0 Å². The molecule has 1 N–H and O–H groups in total. The molecule has 2 aliphatic rings. The van der Waals surface area contributed by atoms with Crippen LogP contribution >= 0.6 is 11.3 Å². The average molecular weight is 422 g/mol. The van der Waals surface area contributed by atoms with Crippen LogP contribution in [-0.2, 0) is 13.0 Å². The number of nitrogens with zero attached hydrogens (tertiary/aromatic N) is 4. The minimum absolute atomic E-state index is 0.0801. The summed E-state index contributed by atoms with van der Waals surface area (Å²) in [6.07, 6.45) is 8.67. The van der Waals surface area contributed by atoms with E-state index in [2.05, 4.69) is 52.2 Å². The molecule has 7 heteroatoms. The summed E-state index contributed by atoms with van der Waals surface area (Å²) in [6.45, 7) is 7.46. The molecule has 3 aromatic rings. The first-order valence-electron chi connectivity index (χ1n) is 10.6. The molecule has 1 saturated heterocycles. The van der Waals surface area contributed by atoms with Gasteiger partial charge in [0.15, 0.2) is 10.9 Å². The summed E-state index contributed by atoms with van der Waals surface area (Å²) in [5, 5.41) is 6.04. The first-order chi connectivity index (χ1) is 14.5. The van der Waals surface area contributed by atoms with E-state index in [9.17, 15) is 0 Å². The van der Waals surface area contributed by atoms with Gasteiger partial charge in [0.05, 0.1) is 11.9 Å². The van der Waals surface area contributed by atoms with Crippen LogP contribution in [-0.4, -0.2) is 38.5 Å². The van der Waals surface area contributed by atoms with Gasteiger partial charge in [0, 0.05) is 36.7 Å². The summed E-state index contributed by atoms with van der Waals surface area (Å²) in [5.41, 5.74) is 3.71. The molecule has 0 saturated carbocycles. The molecule has 0 spiro atoms. The van der Waals surface area contributed by atoms with Gasteiger partial charge in [0.1, 0.15) is 11.4 Å². The SMILES string of the molecule is CC1(C)Cc2cc(CN3CCC(c4cncc(Nc5nccs5)n4)CC3)ccc2O1. The molecule has 4 heterocycles. The van der Waals surface area contributed by atoms with Crippen LogP contribution in [0, 0.1) is 0 Å². The minimum atomic E-state index is -0.0801. The van der Waals surface area contributed by atoms with Gasteiger partial charge in [-0.25, -0.2) is 9.97 Å². The monoisotopic (exact) mass is 421 g/mol. The van der Waals surface area contributed by atoms with E-state index >= 15 is 0 Å². The standard InChI is InChI=1S/C23H27N5OS/c1-23(2)12-18-11-16(3-4-20(18)29-23)15-28-8-5-17(6-9-28)19-13-24-14-21(26-19)27-22-25-7-10-30-22/h3-4,7,10-11,13-14,17H,5-6,8-9,12,15H2,1-2H3,(H,25,26,27). The van der Waals surface area contributed by atoms with Crippen molar-refractivity contribution in [3.05, 3.63) is 59.0 Å². The number of piperidine rings is 1. The van der Waals surface area contributed by atoms with E-state index < -0.39 is 0 Å². The fourth-order valence-electron chi connectivity index (χ4n) is 4.44. The Bertz CT molecular complexity index is 1010. The Hall–Kier alpha value is -2.51. The summed E-state index contributed by atoms with van der Waals surface area (Å²) < 4.78 is 6.01. The zero-order valence-corrected chi connectivity index (χ0v) is 18.3. The lowest BCUT2D eigenvalue weighted by Crippen LogP contribution is -2.32. The highest BCUT2D eigenvalue weighted by Gasteiger charge is 2.30. The van der Waals surface area contributed by atoms with Gasteiger partial charge in [-0.15, -0.1) is 11.3 Å². The Kier molecular flexibility index (Phi) is 5.16. The fraction of sp³-hybridized carbons (Fsp3) is 0.435. The van der Waals surface area contributed by atoms with Crippen molar-refractivity contribution >= 4 is 22.3 Å². The predicted octanol–water partition coefficient (Wildman–Crippen LogP) is 4.77. The first kappa shape index (κ1) is 19.5. The number of thiazole rings is 1. The van der Waals surface area contributed by atoms with Gasteiger partial charge in [0.2, 0.25) is 0 Å². The van der Waals surface area contributed by atoms with E-state index in [0.29, 0.717) is 5.92 Å². The molecule has 2 aromatic heterocycles. The maximum Gasteiger partial charge on any atom is 0.188 e. The molecular weight excluding hydrogens is 394 g/mol. The highest BCUT2D eigenvalue weighted by Crippen LogP contribution is 2.36. The smallest absolute Gasteiger partial charge is 0.188 e. The van der Waals surface area contributed by atoms with E-state index in [-0.39, 0.29) is 5.60 Å². The van der Waals surface area contributed by atoms with Crippen molar-refractivity contribution in [3.8, 4) is 5.75 Å². The minimum Gasteiger partial charge on any atom is -0.487 e. The third-order valence-electron chi connectivity index (χ3n) is 5.86. The summed E-state index contributed by atoms with van der Waals surface area (Å²) in [4.78, 5) is 16.0. The van der Waals surface area contributed by atoms with Crippen molar-refractivity contribution in [1.82, 2.24) is 19.9 Å². The van der Waals surface area contributed by atoms with Gasteiger partial charge in [-0.3, -0.25) is 9.88 Å². The lowest BCUT2D eigenvalue weighted by Gasteiger charge is -2.31. The molecule has 2 aliphatic heterocycles. The van der Waals surface area contributed by atoms with Gasteiger partial charge in [-0.1, -0.05) is 12.1 Å². The maximum absolute atomic E-state index is 6.01. The van der Waals surface area contributed by atoms with E-state index in [1.165, 1.54) is 11.1 Å². The molecule has 0 amide bonds. The number of ether oxygens (including phenoxy) is 1. The van der Waals surface area contributed by atoms with Crippen LogP contribution in [0.15, 0.2) is 42.2 Å². The van der Waals surface area contributed by atoms with Crippen LogP contribution in [0.3, 0.4) is 0 Å². The van der Waals surface area contributed by atoms with Crippen molar-refractivity contribution < 1.29 is 4.74 Å². The zero-order chi connectivity index (χ0) is 20.6. The Morgan fingerprint density at radius 3 is 2.90 bits per heavy atom. The number of fused-ring (bicyclic) bond motifs is 1. The number of likely N-dealkylation sites (tertiary alicyclic amines) is 1. The molecule has 0 aliphatic carbocycles. The summed E-state index contributed by atoms with van der Waals surface area (Å²) in [7, 11) is 0. The van der Waals surface area contributed by atoms with Crippen molar-refractivity contribution in [2.24, 2.45) is 0 Å². The lowest BCUT2D eigenvalue weighted by atomic mass is 9.93. The second-order valence-electron chi connectivity index (χ2n) is 8.82. The largest absolute Gasteiger partial charge is 0.487 e. The average Bonchev–Trinajstić information content (AvgIpc) is 3.34. The number of benzene rings is 1. The summed E-state index contributed by atoms with van der Waals surface area (Å²) in [5.74, 6) is 2.28. The topological polar surface area (TPSA) is 63.2 Å². The molecule has 1 fully saturated rings. The van der Waals surface area contributed by atoms with Crippen molar-refractivity contribution in [2.45, 2.75) is 51.2 Å². The van der Waals surface area contributed by atoms with Crippen molar-refractivity contribution in [1.29, 1.82) is 0 Å². The lowest BCUT2D eigenvalue weighted by molar-refractivity contribution is 0.138. The Labute approximate surface area is 181 Å². The Balaban J connectivity index is 1.18. The number of hydrogen-bond acceptors (Lipinski definition) is 7. The van der Waals surface area contributed by atoms with Gasteiger partial charge in [-0.05, 0) is 57.0 Å². The predicted molar refractivity (Wildman–Crippen MR) is 120 cm³/mol. The second kappa shape index (κ2) is 7.96. The molecular formula is C23H27N5OS. The molecule has 0 atom stereocenters. The molecule has 1 aromatic carbocycles. The zero-order valence-electron chi connectivity index (χ0n) is 17.5. The van der Waals surface area contributed by atoms with Crippen LogP contribution in [0.2, 0.25) is 0 Å². The van der Waals surface area contributed by atoms with Gasteiger partial charge in [-0.2, -0.15) is 0 Å². The molecule has 0 bridgehead atoms. The van der Waals surface area contributed by atoms with Gasteiger partial charge >= 0.3 is 0 Å². The van der Waals surface area contributed by atoms with Crippen LogP contribution in [0.1, 0.15) is 49.4 Å². The number of aromatic nitrogens is 3. The third-order valence-corrected chi connectivity index (χ3v) is 6.55. The van der Waals surface area contributed by atoms with E-state index in [1.54, 1.807) is 23.7 Å². The molecule has 30 heavy (non-hydrogen) atoms. The fourth-order valence-corrected chi connectivity index (χ4v) is 4.97. The summed E-state index contributed by atoms with van der Waals surface area (Å²) in [6, 6.07) is 6.68. The number of hydrogen-bond donors (Lipinski definition) is 1. The second-order valence-corrected chi connectivity index (χ2v) is 9.72. The van der Waals surface area contributed by atoms with Crippen molar-refractivity contribution in [2.75, 3.05) is 18.4 Å². The van der Waals surface area contributed by atoms with Crippen LogP contribution in [0.25, 0.3) is 0 Å². The van der Waals surface area contributed by atoms with E-state index in [4.69, 9.17) is 9.72 Å². The van der Waals surface area contributed by atoms with Crippen LogP contribution in [0.5, 0.6) is 5.75 Å². The van der Waals surface area contributed by atoms with Crippen LogP contribution in [0.4, 0.5) is 10.9 Å². The highest BCUT2D eigenvalue weighted by atomic mass is 32.1. The summed E-state index contributed by atoms with van der Waals surface area (Å²) >= 11 is 1.56. The number of nitrogens with one attached hydrogen (secondary N) is 1. The third kappa shape index (κ3) is 4.32. The number of rotatable bonds is 5. The molecule has 6 nitrogen and oxygen atoms in total. The van der Waals surface area contributed by atoms with Crippen LogP contribution < -0.4 is 10.1 Å². The highest BCUT2D eigenvalue weighted by molar-refractivity contribution is 7.13. The molecule has 5 rings (SSSR count). The maximum atomic E-state index is 6.01. The molecule has 0 radical (unpaired) electrons.